The van der Waals surface area contributed by atoms with Gasteiger partial charge in [-0.15, -0.1) is 11.3 Å². The molecule has 0 spiro atoms. The zero-order valence-corrected chi connectivity index (χ0v) is 15.5. The van der Waals surface area contributed by atoms with E-state index in [2.05, 4.69) is 19.7 Å². The van der Waals surface area contributed by atoms with E-state index in [1.165, 1.54) is 55.1 Å². The molecule has 28 heavy (non-hydrogen) atoms. The Morgan fingerprint density at radius 1 is 0.929 bits per heavy atom. The van der Waals surface area contributed by atoms with Crippen molar-refractivity contribution < 1.29 is 19.1 Å². The van der Waals surface area contributed by atoms with Crippen molar-refractivity contribution in [3.05, 3.63) is 72.2 Å². The van der Waals surface area contributed by atoms with Gasteiger partial charge in [0.15, 0.2) is 5.69 Å². The molecule has 0 N–H and O–H groups in total. The molecule has 7 nitrogen and oxygen atoms in total. The summed E-state index contributed by atoms with van der Waals surface area (Å²) in [4.78, 5) is 37.1. The van der Waals surface area contributed by atoms with Gasteiger partial charge in [-0.2, -0.15) is 0 Å². The third-order valence-corrected chi connectivity index (χ3v) is 4.92. The number of benzene rings is 2. The summed E-state index contributed by atoms with van der Waals surface area (Å²) in [7, 11) is 1.30. The van der Waals surface area contributed by atoms with Gasteiger partial charge in [-0.25, -0.2) is 24.5 Å². The zero-order valence-electron chi connectivity index (χ0n) is 14.7. The first-order chi connectivity index (χ1) is 13.7. The van der Waals surface area contributed by atoms with Gasteiger partial charge in [0, 0.05) is 12.4 Å². The van der Waals surface area contributed by atoms with Crippen molar-refractivity contribution in [2.75, 3.05) is 7.11 Å². The number of aromatic nitrogens is 3. The molecule has 0 aliphatic rings. The predicted octanol–water partition coefficient (Wildman–Crippen LogP) is 3.76. The Labute approximate surface area is 163 Å². The van der Waals surface area contributed by atoms with Gasteiger partial charge in [0.25, 0.3) is 0 Å². The lowest BCUT2D eigenvalue weighted by Crippen LogP contribution is -2.13. The largest absolute Gasteiger partial charge is 0.465 e. The summed E-state index contributed by atoms with van der Waals surface area (Å²) < 4.78 is 11.0. The lowest BCUT2D eigenvalue weighted by molar-refractivity contribution is 0.0600. The average molecular weight is 391 g/mol. The van der Waals surface area contributed by atoms with Crippen LogP contribution in [0, 0.1) is 0 Å². The van der Waals surface area contributed by atoms with Crippen LogP contribution in [0.1, 0.15) is 20.8 Å². The van der Waals surface area contributed by atoms with Gasteiger partial charge >= 0.3 is 11.9 Å². The monoisotopic (exact) mass is 391 g/mol. The fraction of sp³-hybridized carbons (Fsp3) is 0.0500. The first-order valence-electron chi connectivity index (χ1n) is 8.23. The number of fused-ring (bicyclic) bond motifs is 1. The molecular formula is C20H13N3O4S. The highest BCUT2D eigenvalue weighted by Crippen LogP contribution is 2.30. The molecule has 0 aliphatic carbocycles. The maximum absolute atomic E-state index is 12.7. The number of nitrogens with zero attached hydrogens (tertiary/aromatic N) is 3. The zero-order chi connectivity index (χ0) is 19.5. The van der Waals surface area contributed by atoms with E-state index < -0.39 is 11.9 Å². The number of thiazole rings is 1. The topological polar surface area (TPSA) is 91.3 Å². The van der Waals surface area contributed by atoms with Gasteiger partial charge in [0.1, 0.15) is 16.5 Å². The number of carbonyl (C=O) groups excluding carboxylic acids is 2. The second-order valence-electron chi connectivity index (χ2n) is 5.65. The minimum Gasteiger partial charge on any atom is -0.465 e. The minimum absolute atomic E-state index is 0.0681. The summed E-state index contributed by atoms with van der Waals surface area (Å²) >= 11 is 1.42. The number of ether oxygens (including phenoxy) is 2. The second-order valence-corrected chi connectivity index (χ2v) is 6.68. The van der Waals surface area contributed by atoms with Crippen molar-refractivity contribution in [2.24, 2.45) is 0 Å². The fourth-order valence-corrected chi connectivity index (χ4v) is 3.51. The Balaban J connectivity index is 1.62. The molecule has 0 bridgehead atoms. The number of hydrogen-bond donors (Lipinski definition) is 0. The number of methoxy groups -OCH3 is 1. The van der Waals surface area contributed by atoms with Crippen LogP contribution in [0.15, 0.2) is 60.9 Å². The van der Waals surface area contributed by atoms with Crippen molar-refractivity contribution in [3.8, 4) is 16.5 Å². The number of hydrogen-bond acceptors (Lipinski definition) is 8. The first-order valence-corrected chi connectivity index (χ1v) is 9.05. The Morgan fingerprint density at radius 3 is 2.43 bits per heavy atom. The molecule has 4 rings (SSSR count). The maximum atomic E-state index is 12.7. The molecule has 2 heterocycles. The number of carbonyl (C=O) groups is 2. The summed E-state index contributed by atoms with van der Waals surface area (Å²) in [5.41, 5.74) is 1.61. The van der Waals surface area contributed by atoms with Crippen LogP contribution >= 0.6 is 11.3 Å². The van der Waals surface area contributed by atoms with Crippen LogP contribution in [0.25, 0.3) is 20.9 Å². The predicted molar refractivity (Wildman–Crippen MR) is 103 cm³/mol. The van der Waals surface area contributed by atoms with E-state index in [1.807, 2.05) is 24.3 Å². The van der Waals surface area contributed by atoms with Gasteiger partial charge in [-0.3, -0.25) is 0 Å². The van der Waals surface area contributed by atoms with Crippen molar-refractivity contribution >= 4 is 33.5 Å². The molecule has 138 valence electrons. The summed E-state index contributed by atoms with van der Waals surface area (Å²) in [5.74, 6) is -0.850. The molecule has 0 radical (unpaired) electrons. The van der Waals surface area contributed by atoms with Crippen LogP contribution in [0.5, 0.6) is 5.75 Å². The number of esters is 2. The molecule has 0 saturated carbocycles. The molecule has 0 aliphatic heterocycles. The fourth-order valence-electron chi connectivity index (χ4n) is 2.55. The number of rotatable bonds is 4. The summed E-state index contributed by atoms with van der Waals surface area (Å²) in [5, 5.41) is 0.585. The van der Waals surface area contributed by atoms with Crippen molar-refractivity contribution in [3.63, 3.8) is 0 Å². The molecule has 4 aromatic rings. The van der Waals surface area contributed by atoms with E-state index in [0.29, 0.717) is 16.3 Å². The molecule has 0 atom stereocenters. The van der Waals surface area contributed by atoms with Gasteiger partial charge in [-0.1, -0.05) is 12.1 Å². The molecule has 0 fully saturated rings. The van der Waals surface area contributed by atoms with E-state index in [9.17, 15) is 9.59 Å². The lowest BCUT2D eigenvalue weighted by atomic mass is 10.2. The number of para-hydroxylation sites is 1. The van der Waals surface area contributed by atoms with E-state index in [1.54, 1.807) is 0 Å². The normalized spacial score (nSPS) is 10.6. The lowest BCUT2D eigenvalue weighted by Gasteiger charge is -2.06. The van der Waals surface area contributed by atoms with Crippen LogP contribution < -0.4 is 4.74 Å². The SMILES string of the molecule is COC(=O)c1ccc(OC(=O)c2nccnc2-c2nc3ccccc3s2)cc1. The second kappa shape index (κ2) is 7.53. The third kappa shape index (κ3) is 3.45. The first kappa shape index (κ1) is 17.7. The standard InChI is InChI=1S/C20H13N3O4S/c1-26-19(24)12-6-8-13(9-7-12)27-20(25)17-16(21-10-11-22-17)18-23-14-4-2-3-5-15(14)28-18/h2-11H,1H3. The Bertz CT molecular complexity index is 1140. The van der Waals surface area contributed by atoms with Gasteiger partial charge < -0.3 is 9.47 Å². The van der Waals surface area contributed by atoms with Crippen LogP contribution in [-0.4, -0.2) is 34.0 Å². The molecule has 0 amide bonds. The summed E-state index contributed by atoms with van der Waals surface area (Å²) in [6.45, 7) is 0. The van der Waals surface area contributed by atoms with Crippen LogP contribution in [0.2, 0.25) is 0 Å². The van der Waals surface area contributed by atoms with Crippen molar-refractivity contribution in [1.82, 2.24) is 15.0 Å². The highest BCUT2D eigenvalue weighted by atomic mass is 32.1. The van der Waals surface area contributed by atoms with Crippen LogP contribution in [0.4, 0.5) is 0 Å². The van der Waals surface area contributed by atoms with Crippen LogP contribution in [-0.2, 0) is 4.74 Å². The Morgan fingerprint density at radius 2 is 1.68 bits per heavy atom. The van der Waals surface area contributed by atoms with Crippen LogP contribution in [0.3, 0.4) is 0 Å². The molecular weight excluding hydrogens is 378 g/mol. The minimum atomic E-state index is -0.659. The molecule has 2 aromatic heterocycles. The van der Waals surface area contributed by atoms with E-state index >= 15 is 0 Å². The summed E-state index contributed by atoms with van der Waals surface area (Å²) in [6, 6.07) is 13.7. The van der Waals surface area contributed by atoms with E-state index in [4.69, 9.17) is 4.74 Å². The van der Waals surface area contributed by atoms with Gasteiger partial charge in [0.05, 0.1) is 22.9 Å². The van der Waals surface area contributed by atoms with Crippen molar-refractivity contribution in [2.45, 2.75) is 0 Å². The van der Waals surface area contributed by atoms with E-state index in [-0.39, 0.29) is 11.4 Å². The quantitative estimate of drug-likeness (QED) is 0.386. The molecule has 2 aromatic carbocycles. The summed E-state index contributed by atoms with van der Waals surface area (Å²) in [6.07, 6.45) is 2.93. The Hall–Kier alpha value is -3.65. The highest BCUT2D eigenvalue weighted by molar-refractivity contribution is 7.21. The third-order valence-electron chi connectivity index (χ3n) is 3.87. The Kier molecular flexibility index (Phi) is 4.77. The smallest absolute Gasteiger partial charge is 0.364 e. The molecule has 0 saturated heterocycles. The molecule has 0 unspecified atom stereocenters. The molecule has 8 heteroatoms. The van der Waals surface area contributed by atoms with Gasteiger partial charge in [-0.05, 0) is 36.4 Å². The van der Waals surface area contributed by atoms with Crippen molar-refractivity contribution in [1.29, 1.82) is 0 Å². The van der Waals surface area contributed by atoms with E-state index in [0.717, 1.165) is 10.2 Å². The van der Waals surface area contributed by atoms with Gasteiger partial charge in [0.2, 0.25) is 0 Å². The highest BCUT2D eigenvalue weighted by Gasteiger charge is 2.21. The average Bonchev–Trinajstić information content (AvgIpc) is 3.18. The maximum Gasteiger partial charge on any atom is 0.364 e.